The van der Waals surface area contributed by atoms with E-state index in [9.17, 15) is 5.11 Å². The van der Waals surface area contributed by atoms with E-state index in [4.69, 9.17) is 9.47 Å². The first-order valence-corrected chi connectivity index (χ1v) is 7.67. The summed E-state index contributed by atoms with van der Waals surface area (Å²) in [5.41, 5.74) is 0.897. The standard InChI is InChI=1S/C17H27NO3/c1-13-5-7-14(8-6-13)20-15-9-11-18(12-10-15)16(19)21-17(2,3)4/h5-8,15-16,19H,9-12H2,1-4H3. The van der Waals surface area contributed by atoms with E-state index in [0.717, 1.165) is 31.7 Å². The minimum Gasteiger partial charge on any atom is -0.490 e. The van der Waals surface area contributed by atoms with E-state index in [1.54, 1.807) is 0 Å². The highest BCUT2D eigenvalue weighted by Gasteiger charge is 2.27. The molecule has 1 aromatic carbocycles. The molecule has 1 unspecified atom stereocenters. The smallest absolute Gasteiger partial charge is 0.216 e. The number of ether oxygens (including phenoxy) is 2. The molecule has 1 aliphatic rings. The van der Waals surface area contributed by atoms with E-state index in [1.807, 2.05) is 37.8 Å². The van der Waals surface area contributed by atoms with Crippen LogP contribution in [0.3, 0.4) is 0 Å². The van der Waals surface area contributed by atoms with Crippen LogP contribution in [0.2, 0.25) is 0 Å². The second kappa shape index (κ2) is 6.77. The molecule has 0 amide bonds. The summed E-state index contributed by atoms with van der Waals surface area (Å²) < 4.78 is 11.6. The third kappa shape index (κ3) is 5.30. The summed E-state index contributed by atoms with van der Waals surface area (Å²) in [6.45, 7) is 9.48. The van der Waals surface area contributed by atoms with Gasteiger partial charge in [-0.2, -0.15) is 0 Å². The van der Waals surface area contributed by atoms with Crippen molar-refractivity contribution in [1.29, 1.82) is 0 Å². The molecule has 2 rings (SSSR count). The van der Waals surface area contributed by atoms with Crippen molar-refractivity contribution in [2.24, 2.45) is 0 Å². The van der Waals surface area contributed by atoms with Crippen LogP contribution >= 0.6 is 0 Å². The van der Waals surface area contributed by atoms with Crippen LogP contribution in [-0.4, -0.2) is 41.2 Å². The Kier molecular flexibility index (Phi) is 5.25. The summed E-state index contributed by atoms with van der Waals surface area (Å²) in [6, 6.07) is 8.15. The van der Waals surface area contributed by atoms with Gasteiger partial charge in [0, 0.05) is 13.1 Å². The van der Waals surface area contributed by atoms with Crippen LogP contribution < -0.4 is 4.74 Å². The third-order valence-electron chi connectivity index (χ3n) is 3.57. The van der Waals surface area contributed by atoms with E-state index >= 15 is 0 Å². The maximum Gasteiger partial charge on any atom is 0.216 e. The highest BCUT2D eigenvalue weighted by Crippen LogP contribution is 2.21. The number of likely N-dealkylation sites (tertiary alicyclic amines) is 1. The Morgan fingerprint density at radius 2 is 1.71 bits per heavy atom. The molecule has 118 valence electrons. The Bertz CT molecular complexity index is 430. The zero-order chi connectivity index (χ0) is 15.5. The van der Waals surface area contributed by atoms with Gasteiger partial charge < -0.3 is 14.6 Å². The van der Waals surface area contributed by atoms with Crippen molar-refractivity contribution in [2.75, 3.05) is 13.1 Å². The number of rotatable bonds is 4. The summed E-state index contributed by atoms with van der Waals surface area (Å²) in [6.07, 6.45) is 1.19. The predicted octanol–water partition coefficient (Wildman–Crippen LogP) is 2.93. The minimum atomic E-state index is -0.828. The zero-order valence-electron chi connectivity index (χ0n) is 13.5. The highest BCUT2D eigenvalue weighted by molar-refractivity contribution is 5.26. The highest BCUT2D eigenvalue weighted by atomic mass is 16.6. The van der Waals surface area contributed by atoms with Gasteiger partial charge in [0.1, 0.15) is 11.9 Å². The van der Waals surface area contributed by atoms with E-state index in [2.05, 4.69) is 19.1 Å². The van der Waals surface area contributed by atoms with Gasteiger partial charge >= 0.3 is 0 Å². The average molecular weight is 293 g/mol. The Balaban J connectivity index is 1.79. The lowest BCUT2D eigenvalue weighted by atomic mass is 10.1. The number of benzene rings is 1. The first-order chi connectivity index (χ1) is 9.83. The van der Waals surface area contributed by atoms with Crippen LogP contribution in [0.15, 0.2) is 24.3 Å². The fourth-order valence-electron chi connectivity index (χ4n) is 2.41. The molecular formula is C17H27NO3. The van der Waals surface area contributed by atoms with E-state index in [-0.39, 0.29) is 11.7 Å². The molecule has 0 radical (unpaired) electrons. The van der Waals surface area contributed by atoms with Gasteiger partial charge in [-0.05, 0) is 52.7 Å². The SMILES string of the molecule is Cc1ccc(OC2CCN(C(O)OC(C)(C)C)CC2)cc1. The Hall–Kier alpha value is -1.10. The summed E-state index contributed by atoms with van der Waals surface area (Å²) in [7, 11) is 0. The van der Waals surface area contributed by atoms with Gasteiger partial charge in [0.15, 0.2) is 0 Å². The monoisotopic (exact) mass is 293 g/mol. The van der Waals surface area contributed by atoms with Crippen LogP contribution in [0.4, 0.5) is 0 Å². The van der Waals surface area contributed by atoms with Crippen molar-refractivity contribution in [3.05, 3.63) is 29.8 Å². The van der Waals surface area contributed by atoms with Crippen LogP contribution in [0.5, 0.6) is 5.75 Å². The van der Waals surface area contributed by atoms with Crippen LogP contribution in [0.25, 0.3) is 0 Å². The molecule has 0 spiro atoms. The van der Waals surface area contributed by atoms with Crippen LogP contribution in [0, 0.1) is 6.92 Å². The first kappa shape index (κ1) is 16.3. The first-order valence-electron chi connectivity index (χ1n) is 7.67. The molecular weight excluding hydrogens is 266 g/mol. The average Bonchev–Trinajstić information content (AvgIpc) is 2.40. The summed E-state index contributed by atoms with van der Waals surface area (Å²) in [4.78, 5) is 1.96. The molecule has 4 heteroatoms. The maximum absolute atomic E-state index is 10.1. The summed E-state index contributed by atoms with van der Waals surface area (Å²) in [5.74, 6) is 0.922. The molecule has 1 atom stereocenters. The van der Waals surface area contributed by atoms with Crippen molar-refractivity contribution in [1.82, 2.24) is 4.90 Å². The van der Waals surface area contributed by atoms with E-state index < -0.39 is 6.41 Å². The maximum atomic E-state index is 10.1. The van der Waals surface area contributed by atoms with Gasteiger partial charge in [-0.3, -0.25) is 4.90 Å². The number of aliphatic hydroxyl groups is 1. The summed E-state index contributed by atoms with van der Waals surface area (Å²) >= 11 is 0. The number of hydrogen-bond acceptors (Lipinski definition) is 4. The molecule has 1 heterocycles. The van der Waals surface area contributed by atoms with Gasteiger partial charge in [-0.15, -0.1) is 0 Å². The third-order valence-corrected chi connectivity index (χ3v) is 3.57. The van der Waals surface area contributed by atoms with Gasteiger partial charge in [0.25, 0.3) is 0 Å². The van der Waals surface area contributed by atoms with Gasteiger partial charge in [-0.25, -0.2) is 0 Å². The van der Waals surface area contributed by atoms with Gasteiger partial charge in [0.05, 0.1) is 5.60 Å². The molecule has 0 saturated carbocycles. The Labute approximate surface area is 127 Å². The van der Waals surface area contributed by atoms with Gasteiger partial charge in [-0.1, -0.05) is 17.7 Å². The fraction of sp³-hybridized carbons (Fsp3) is 0.647. The van der Waals surface area contributed by atoms with Crippen molar-refractivity contribution in [3.8, 4) is 5.75 Å². The number of piperidine rings is 1. The molecule has 0 aliphatic carbocycles. The molecule has 0 bridgehead atoms. The predicted molar refractivity (Wildman–Crippen MR) is 83.2 cm³/mol. The van der Waals surface area contributed by atoms with Gasteiger partial charge in [0.2, 0.25) is 6.41 Å². The zero-order valence-corrected chi connectivity index (χ0v) is 13.5. The molecule has 1 saturated heterocycles. The molecule has 4 nitrogen and oxygen atoms in total. The number of hydrogen-bond donors (Lipinski definition) is 1. The van der Waals surface area contributed by atoms with Crippen molar-refractivity contribution in [3.63, 3.8) is 0 Å². The van der Waals surface area contributed by atoms with Crippen molar-refractivity contribution < 1.29 is 14.6 Å². The van der Waals surface area contributed by atoms with Crippen LogP contribution in [0.1, 0.15) is 39.2 Å². The molecule has 1 fully saturated rings. The number of aliphatic hydroxyl groups excluding tert-OH is 1. The summed E-state index contributed by atoms with van der Waals surface area (Å²) in [5, 5.41) is 10.1. The Morgan fingerprint density at radius 3 is 2.24 bits per heavy atom. The van der Waals surface area contributed by atoms with E-state index in [1.165, 1.54) is 5.56 Å². The normalized spacial score (nSPS) is 19.5. The Morgan fingerprint density at radius 1 is 1.14 bits per heavy atom. The molecule has 1 aliphatic heterocycles. The molecule has 0 aromatic heterocycles. The fourth-order valence-corrected chi connectivity index (χ4v) is 2.41. The quantitative estimate of drug-likeness (QED) is 0.867. The van der Waals surface area contributed by atoms with Crippen molar-refractivity contribution >= 4 is 0 Å². The molecule has 1 N–H and O–H groups in total. The number of aryl methyl sites for hydroxylation is 1. The topological polar surface area (TPSA) is 41.9 Å². The lowest BCUT2D eigenvalue weighted by Crippen LogP contribution is -2.47. The number of nitrogens with zero attached hydrogens (tertiary/aromatic N) is 1. The minimum absolute atomic E-state index is 0.214. The molecule has 21 heavy (non-hydrogen) atoms. The molecule has 1 aromatic rings. The largest absolute Gasteiger partial charge is 0.490 e. The lowest BCUT2D eigenvalue weighted by molar-refractivity contribution is -0.244. The second-order valence-corrected chi connectivity index (χ2v) is 6.72. The second-order valence-electron chi connectivity index (χ2n) is 6.72. The lowest BCUT2D eigenvalue weighted by Gasteiger charge is -2.37. The van der Waals surface area contributed by atoms with Crippen molar-refractivity contribution in [2.45, 2.75) is 58.7 Å². The van der Waals surface area contributed by atoms with E-state index in [0.29, 0.717) is 0 Å². The van der Waals surface area contributed by atoms with Crippen LogP contribution in [-0.2, 0) is 4.74 Å².